The Balaban J connectivity index is 0.000000220. The Morgan fingerprint density at radius 2 is 1.00 bits per heavy atom. The summed E-state index contributed by atoms with van der Waals surface area (Å²) in [7, 11) is 0. The van der Waals surface area contributed by atoms with Gasteiger partial charge in [0.05, 0.1) is 0 Å². The fraction of sp³-hybridized carbons (Fsp3) is 0.143. The van der Waals surface area contributed by atoms with Crippen molar-refractivity contribution in [2.75, 3.05) is 0 Å². The third-order valence-electron chi connectivity index (χ3n) is 1.95. The van der Waals surface area contributed by atoms with E-state index >= 15 is 0 Å². The standard InChI is InChI=1S/C7H5Cl3O.C7H5F3O/c2*8-7(9,10)11-6-4-2-1-3-5-6/h2*1-5H. The van der Waals surface area contributed by atoms with Gasteiger partial charge in [-0.05, 0) is 59.1 Å². The fourth-order valence-corrected chi connectivity index (χ4v) is 1.51. The van der Waals surface area contributed by atoms with E-state index in [0.717, 1.165) is 0 Å². The largest absolute Gasteiger partial charge is 0.573 e. The molecule has 2 nitrogen and oxygen atoms in total. The molecule has 0 heterocycles. The van der Waals surface area contributed by atoms with Crippen molar-refractivity contribution in [2.45, 2.75) is 10.3 Å². The molecule has 0 spiro atoms. The molecular formula is C14H10Cl3F3O2. The molecule has 0 N–H and O–H groups in total. The van der Waals surface area contributed by atoms with E-state index in [-0.39, 0.29) is 5.75 Å². The fourth-order valence-electron chi connectivity index (χ4n) is 1.24. The van der Waals surface area contributed by atoms with Crippen molar-refractivity contribution >= 4 is 34.8 Å². The van der Waals surface area contributed by atoms with Gasteiger partial charge in [-0.2, -0.15) is 0 Å². The zero-order chi connectivity index (χ0) is 16.6. The molecule has 2 aromatic carbocycles. The quantitative estimate of drug-likeness (QED) is 0.603. The number of rotatable bonds is 2. The normalized spacial score (nSPS) is 11.2. The molecule has 0 saturated carbocycles. The van der Waals surface area contributed by atoms with Gasteiger partial charge < -0.3 is 9.47 Å². The van der Waals surface area contributed by atoms with Crippen LogP contribution >= 0.6 is 34.8 Å². The molecule has 0 aliphatic rings. The van der Waals surface area contributed by atoms with Crippen LogP contribution in [0.25, 0.3) is 0 Å². The van der Waals surface area contributed by atoms with Crippen molar-refractivity contribution in [3.8, 4) is 11.5 Å². The molecule has 0 amide bonds. The summed E-state index contributed by atoms with van der Waals surface area (Å²) in [5.74, 6) is 0.340. The molecule has 0 bridgehead atoms. The first-order valence-corrected chi connectivity index (χ1v) is 6.91. The predicted octanol–water partition coefficient (Wildman–Crippen LogP) is 5.98. The Kier molecular flexibility index (Phi) is 7.13. The first-order valence-electron chi connectivity index (χ1n) is 5.77. The molecular weight excluding hydrogens is 364 g/mol. The summed E-state index contributed by atoms with van der Waals surface area (Å²) in [4.78, 5) is 0. The van der Waals surface area contributed by atoms with Crippen LogP contribution in [0.4, 0.5) is 13.2 Å². The Morgan fingerprint density at radius 1 is 0.636 bits per heavy atom. The SMILES string of the molecule is ClC(Cl)(Cl)Oc1ccccc1.FC(F)(F)Oc1ccccc1. The van der Waals surface area contributed by atoms with Crippen molar-refractivity contribution in [3.63, 3.8) is 0 Å². The second kappa shape index (κ2) is 8.36. The summed E-state index contributed by atoms with van der Waals surface area (Å²) in [6.45, 7) is 0. The summed E-state index contributed by atoms with van der Waals surface area (Å²) < 4.78 is 41.4. The number of hydrogen-bond acceptors (Lipinski definition) is 2. The van der Waals surface area contributed by atoms with Crippen LogP contribution in [0.1, 0.15) is 0 Å². The zero-order valence-corrected chi connectivity index (χ0v) is 13.1. The van der Waals surface area contributed by atoms with Crippen LogP contribution in [-0.2, 0) is 0 Å². The number of hydrogen-bond donors (Lipinski definition) is 0. The highest BCUT2D eigenvalue weighted by molar-refractivity contribution is 6.66. The second-order valence-electron chi connectivity index (χ2n) is 3.72. The van der Waals surface area contributed by atoms with Crippen LogP contribution in [0.15, 0.2) is 60.7 Å². The molecule has 0 saturated heterocycles. The van der Waals surface area contributed by atoms with Gasteiger partial charge in [0.1, 0.15) is 11.5 Å². The van der Waals surface area contributed by atoms with Gasteiger partial charge >= 0.3 is 10.3 Å². The molecule has 0 atom stereocenters. The second-order valence-corrected chi connectivity index (χ2v) is 5.90. The third kappa shape index (κ3) is 9.60. The lowest BCUT2D eigenvalue weighted by atomic mass is 10.3. The van der Waals surface area contributed by atoms with Gasteiger partial charge in [-0.15, -0.1) is 13.2 Å². The van der Waals surface area contributed by atoms with Gasteiger partial charge in [0.25, 0.3) is 0 Å². The van der Waals surface area contributed by atoms with E-state index in [1.165, 1.54) is 24.3 Å². The maximum absolute atomic E-state index is 11.5. The minimum absolute atomic E-state index is 0.194. The van der Waals surface area contributed by atoms with Crippen LogP contribution in [-0.4, -0.2) is 10.3 Å². The van der Waals surface area contributed by atoms with E-state index in [9.17, 15) is 13.2 Å². The average Bonchev–Trinajstić information content (AvgIpc) is 2.38. The monoisotopic (exact) mass is 372 g/mol. The molecule has 0 unspecified atom stereocenters. The molecule has 0 radical (unpaired) electrons. The number of halogens is 6. The van der Waals surface area contributed by atoms with Crippen LogP contribution < -0.4 is 9.47 Å². The maximum Gasteiger partial charge on any atom is 0.573 e. The van der Waals surface area contributed by atoms with E-state index in [0.29, 0.717) is 5.75 Å². The molecule has 0 fully saturated rings. The molecule has 8 heteroatoms. The van der Waals surface area contributed by atoms with Crippen molar-refractivity contribution in [2.24, 2.45) is 0 Å². The van der Waals surface area contributed by atoms with Crippen LogP contribution in [0.5, 0.6) is 11.5 Å². The first-order chi connectivity index (χ1) is 10.2. The summed E-state index contributed by atoms with van der Waals surface area (Å²) in [5, 5.41) is 0. The van der Waals surface area contributed by atoms with Crippen molar-refractivity contribution in [3.05, 3.63) is 60.7 Å². The summed E-state index contributed by atoms with van der Waals surface area (Å²) in [5.41, 5.74) is 0. The van der Waals surface area contributed by atoms with E-state index in [2.05, 4.69) is 4.74 Å². The maximum atomic E-state index is 11.5. The van der Waals surface area contributed by atoms with Crippen molar-refractivity contribution in [1.82, 2.24) is 0 Å². The number of alkyl halides is 6. The molecule has 0 aromatic heterocycles. The average molecular weight is 374 g/mol. The lowest BCUT2D eigenvalue weighted by Crippen LogP contribution is -2.16. The van der Waals surface area contributed by atoms with E-state index in [1.807, 2.05) is 6.07 Å². The molecule has 2 rings (SSSR count). The van der Waals surface area contributed by atoms with Gasteiger partial charge in [0, 0.05) is 0 Å². The highest BCUT2D eigenvalue weighted by Gasteiger charge is 2.30. The third-order valence-corrected chi connectivity index (χ3v) is 2.19. The lowest BCUT2D eigenvalue weighted by Gasteiger charge is -2.12. The minimum atomic E-state index is -4.60. The van der Waals surface area contributed by atoms with E-state index < -0.39 is 10.3 Å². The number of benzene rings is 2. The minimum Gasteiger partial charge on any atom is -0.446 e. The smallest absolute Gasteiger partial charge is 0.446 e. The van der Waals surface area contributed by atoms with Gasteiger partial charge in [-0.25, -0.2) is 0 Å². The summed E-state index contributed by atoms with van der Waals surface area (Å²) >= 11 is 16.1. The molecule has 0 aliphatic carbocycles. The van der Waals surface area contributed by atoms with Gasteiger partial charge in [-0.3, -0.25) is 0 Å². The highest BCUT2D eigenvalue weighted by atomic mass is 35.6. The molecule has 120 valence electrons. The zero-order valence-electron chi connectivity index (χ0n) is 10.9. The van der Waals surface area contributed by atoms with Crippen LogP contribution in [0, 0.1) is 0 Å². The molecule has 22 heavy (non-hydrogen) atoms. The lowest BCUT2D eigenvalue weighted by molar-refractivity contribution is -0.274. The Hall–Kier alpha value is -1.30. The van der Waals surface area contributed by atoms with E-state index in [1.54, 1.807) is 30.3 Å². The van der Waals surface area contributed by atoms with Gasteiger partial charge in [-0.1, -0.05) is 36.4 Å². The summed E-state index contributed by atoms with van der Waals surface area (Å²) in [6, 6.07) is 15.9. The van der Waals surface area contributed by atoms with Crippen molar-refractivity contribution in [1.29, 1.82) is 0 Å². The Labute approximate surface area is 140 Å². The molecule has 2 aromatic rings. The van der Waals surface area contributed by atoms with Gasteiger partial charge in [0.15, 0.2) is 0 Å². The van der Waals surface area contributed by atoms with Crippen LogP contribution in [0.2, 0.25) is 0 Å². The number of ether oxygens (including phenoxy) is 2. The van der Waals surface area contributed by atoms with Gasteiger partial charge in [0.2, 0.25) is 0 Å². The van der Waals surface area contributed by atoms with E-state index in [4.69, 9.17) is 39.5 Å². The molecule has 0 aliphatic heterocycles. The summed E-state index contributed by atoms with van der Waals surface area (Å²) in [6.07, 6.45) is -4.60. The predicted molar refractivity (Wildman–Crippen MR) is 80.5 cm³/mol. The highest BCUT2D eigenvalue weighted by Crippen LogP contribution is 2.29. The van der Waals surface area contributed by atoms with Crippen molar-refractivity contribution < 1.29 is 22.6 Å². The first kappa shape index (κ1) is 18.7. The topological polar surface area (TPSA) is 18.5 Å². The van der Waals surface area contributed by atoms with Crippen LogP contribution in [0.3, 0.4) is 0 Å². The number of para-hydroxylation sites is 2. The Bertz CT molecular complexity index is 491. The Morgan fingerprint density at radius 3 is 1.32 bits per heavy atom.